The van der Waals surface area contributed by atoms with E-state index in [1.807, 2.05) is 46.9 Å². The normalized spacial score (nSPS) is 11.0. The number of halogens is 1. The fraction of sp³-hybridized carbons (Fsp3) is 0. The summed E-state index contributed by atoms with van der Waals surface area (Å²) in [6.45, 7) is 0. The van der Waals surface area contributed by atoms with Crippen LogP contribution in [0.25, 0.3) is 22.4 Å². The van der Waals surface area contributed by atoms with Crippen molar-refractivity contribution in [3.63, 3.8) is 0 Å². The zero-order chi connectivity index (χ0) is 10.3. The van der Waals surface area contributed by atoms with Gasteiger partial charge in [0.25, 0.3) is 9.79 Å². The summed E-state index contributed by atoms with van der Waals surface area (Å²) in [6.07, 6.45) is 1.63. The Balaban J connectivity index is 2.27. The molecule has 1 aromatic carbocycles. The van der Waals surface area contributed by atoms with Crippen LogP contribution in [0.2, 0.25) is 0 Å². The van der Waals surface area contributed by atoms with E-state index in [2.05, 4.69) is 10.2 Å². The third-order valence-corrected chi connectivity index (χ3v) is 2.55. The molecule has 0 aliphatic heterocycles. The van der Waals surface area contributed by atoms with Crippen LogP contribution in [-0.4, -0.2) is 10.2 Å². The second-order valence-corrected chi connectivity index (χ2v) is 3.93. The van der Waals surface area contributed by atoms with Crippen molar-refractivity contribution in [1.29, 1.82) is 0 Å². The third kappa shape index (κ3) is 1.43. The number of para-hydroxylation sites is 1. The van der Waals surface area contributed by atoms with Crippen molar-refractivity contribution in [2.24, 2.45) is 0 Å². The van der Waals surface area contributed by atoms with Crippen LogP contribution < -0.4 is 0 Å². The number of furan rings is 1. The summed E-state index contributed by atoms with van der Waals surface area (Å²) in [5, 5.41) is 8.72. The molecule has 3 aromatic rings. The lowest BCUT2D eigenvalue weighted by Crippen LogP contribution is -1.74. The minimum absolute atomic E-state index is 0.490. The predicted octanol–water partition coefficient (Wildman–Crippen LogP) is 3.09. The van der Waals surface area contributed by atoms with Gasteiger partial charge in [0.2, 0.25) is 0 Å². The van der Waals surface area contributed by atoms with E-state index in [1.54, 1.807) is 6.26 Å². The fourth-order valence-electron chi connectivity index (χ4n) is 1.46. The van der Waals surface area contributed by atoms with Gasteiger partial charge in [0.1, 0.15) is 11.8 Å². The van der Waals surface area contributed by atoms with Crippen molar-refractivity contribution in [2.45, 2.75) is 0 Å². The maximum Gasteiger partial charge on any atom is 0.278 e. The quantitative estimate of drug-likeness (QED) is 0.648. The summed E-state index contributed by atoms with van der Waals surface area (Å²) in [5.74, 6) is 0.490. The Kier molecular flexibility index (Phi) is 1.98. The molecule has 0 saturated heterocycles. The first kappa shape index (κ1) is 8.90. The molecule has 2 heterocycles. The zero-order valence-corrected chi connectivity index (χ0v) is 9.63. The van der Waals surface area contributed by atoms with E-state index >= 15 is 0 Å². The number of nitrogens with zero attached hydrogens (tertiary/aromatic N) is 2. The van der Waals surface area contributed by atoms with Crippen molar-refractivity contribution >= 4 is 33.6 Å². The Morgan fingerprint density at radius 3 is 2.80 bits per heavy atom. The molecule has 0 aliphatic rings. The van der Waals surface area contributed by atoms with E-state index in [0.29, 0.717) is 9.79 Å². The number of hydrogen-bond acceptors (Lipinski definition) is 4. The molecule has 0 unspecified atom stereocenters. The van der Waals surface area contributed by atoms with Gasteiger partial charge in [0.05, 0.1) is 5.56 Å². The molecule has 0 radical (unpaired) electrons. The van der Waals surface area contributed by atoms with Crippen LogP contribution in [0, 0.1) is 3.90 Å². The van der Waals surface area contributed by atoms with Crippen molar-refractivity contribution in [2.75, 3.05) is 0 Å². The molecule has 5 heteroatoms. The van der Waals surface area contributed by atoms with Gasteiger partial charge in [-0.3, -0.25) is 0 Å². The van der Waals surface area contributed by atoms with Gasteiger partial charge in [-0.2, -0.15) is 0 Å². The minimum atomic E-state index is 0.490. The van der Waals surface area contributed by atoms with Gasteiger partial charge >= 0.3 is 0 Å². The molecule has 4 nitrogen and oxygen atoms in total. The molecule has 0 aliphatic carbocycles. The first-order chi connectivity index (χ1) is 7.34. The lowest BCUT2D eigenvalue weighted by Gasteiger charge is -1.88. The van der Waals surface area contributed by atoms with Gasteiger partial charge in [0, 0.05) is 28.0 Å². The van der Waals surface area contributed by atoms with Crippen molar-refractivity contribution in [1.82, 2.24) is 10.2 Å². The molecule has 3 rings (SSSR count). The van der Waals surface area contributed by atoms with Crippen LogP contribution in [0.3, 0.4) is 0 Å². The highest BCUT2D eigenvalue weighted by molar-refractivity contribution is 14.1. The molecule has 0 fully saturated rings. The third-order valence-electron chi connectivity index (χ3n) is 2.11. The summed E-state index contributed by atoms with van der Waals surface area (Å²) in [6, 6.07) is 7.74. The summed E-state index contributed by atoms with van der Waals surface area (Å²) >= 11 is 1.98. The second-order valence-electron chi connectivity index (χ2n) is 3.01. The van der Waals surface area contributed by atoms with Crippen molar-refractivity contribution in [3.05, 3.63) is 34.4 Å². The number of hydrogen-bond donors (Lipinski definition) is 0. The maximum absolute atomic E-state index is 5.38. The standard InChI is InChI=1S/C10H5IN2O2/c11-10-13-12-9(15-10)7-5-14-8-4-2-1-3-6(7)8/h1-5H. The van der Waals surface area contributed by atoms with Gasteiger partial charge in [-0.15, -0.1) is 10.2 Å². The Bertz CT molecular complexity index is 614. The van der Waals surface area contributed by atoms with E-state index < -0.39 is 0 Å². The van der Waals surface area contributed by atoms with Gasteiger partial charge < -0.3 is 8.83 Å². The van der Waals surface area contributed by atoms with Gasteiger partial charge in [-0.1, -0.05) is 18.2 Å². The molecule has 0 bridgehead atoms. The number of benzene rings is 1. The molecule has 0 saturated carbocycles. The zero-order valence-electron chi connectivity index (χ0n) is 7.48. The van der Waals surface area contributed by atoms with Crippen molar-refractivity contribution < 1.29 is 8.83 Å². The Labute approximate surface area is 98.4 Å². The molecule has 0 amide bonds. The molecular formula is C10H5IN2O2. The monoisotopic (exact) mass is 312 g/mol. The molecular weight excluding hydrogens is 307 g/mol. The van der Waals surface area contributed by atoms with Crippen LogP contribution in [-0.2, 0) is 0 Å². The maximum atomic E-state index is 5.38. The predicted molar refractivity (Wildman–Crippen MR) is 62.2 cm³/mol. The highest BCUT2D eigenvalue weighted by Crippen LogP contribution is 2.29. The van der Waals surface area contributed by atoms with Crippen LogP contribution in [0.5, 0.6) is 0 Å². The minimum Gasteiger partial charge on any atom is -0.463 e. The summed E-state index contributed by atoms with van der Waals surface area (Å²) in [7, 11) is 0. The summed E-state index contributed by atoms with van der Waals surface area (Å²) in [4.78, 5) is 0. The Hall–Kier alpha value is -1.37. The largest absolute Gasteiger partial charge is 0.463 e. The van der Waals surface area contributed by atoms with Gasteiger partial charge in [0.15, 0.2) is 0 Å². The first-order valence-electron chi connectivity index (χ1n) is 4.30. The van der Waals surface area contributed by atoms with E-state index in [9.17, 15) is 0 Å². The smallest absolute Gasteiger partial charge is 0.278 e. The summed E-state index contributed by atoms with van der Waals surface area (Å²) in [5.41, 5.74) is 1.65. The van der Waals surface area contributed by atoms with Crippen LogP contribution in [0.4, 0.5) is 0 Å². The molecule has 2 aromatic heterocycles. The number of aromatic nitrogens is 2. The van der Waals surface area contributed by atoms with Crippen molar-refractivity contribution in [3.8, 4) is 11.5 Å². The van der Waals surface area contributed by atoms with Crippen LogP contribution >= 0.6 is 22.6 Å². The fourth-order valence-corrected chi connectivity index (χ4v) is 1.77. The van der Waals surface area contributed by atoms with Gasteiger partial charge in [-0.25, -0.2) is 0 Å². The number of fused-ring (bicyclic) bond motifs is 1. The van der Waals surface area contributed by atoms with Crippen LogP contribution in [0.15, 0.2) is 39.4 Å². The molecule has 0 N–H and O–H groups in total. The van der Waals surface area contributed by atoms with Crippen LogP contribution in [0.1, 0.15) is 0 Å². The second kappa shape index (κ2) is 3.34. The Morgan fingerprint density at radius 1 is 1.13 bits per heavy atom. The van der Waals surface area contributed by atoms with E-state index in [0.717, 1.165) is 16.5 Å². The summed E-state index contributed by atoms with van der Waals surface area (Å²) < 4.78 is 11.2. The SMILES string of the molecule is Ic1nnc(-c2coc3ccccc23)o1. The van der Waals surface area contributed by atoms with E-state index in [1.165, 1.54) is 0 Å². The topological polar surface area (TPSA) is 52.1 Å². The molecule has 0 atom stereocenters. The lowest BCUT2D eigenvalue weighted by atomic mass is 10.2. The first-order valence-corrected chi connectivity index (χ1v) is 5.38. The lowest BCUT2D eigenvalue weighted by molar-refractivity contribution is 0.535. The Morgan fingerprint density at radius 2 is 2.00 bits per heavy atom. The highest BCUT2D eigenvalue weighted by atomic mass is 127. The number of rotatable bonds is 1. The molecule has 15 heavy (non-hydrogen) atoms. The highest BCUT2D eigenvalue weighted by Gasteiger charge is 2.12. The molecule has 74 valence electrons. The average molecular weight is 312 g/mol. The van der Waals surface area contributed by atoms with E-state index in [4.69, 9.17) is 8.83 Å². The van der Waals surface area contributed by atoms with E-state index in [-0.39, 0.29) is 0 Å². The molecule has 0 spiro atoms. The average Bonchev–Trinajstić information content (AvgIpc) is 2.83. The van der Waals surface area contributed by atoms with Gasteiger partial charge in [-0.05, 0) is 6.07 Å².